The van der Waals surface area contributed by atoms with Crippen molar-refractivity contribution in [2.45, 2.75) is 18.2 Å². The van der Waals surface area contributed by atoms with E-state index in [1.165, 1.54) is 30.2 Å². The van der Waals surface area contributed by atoms with Gasteiger partial charge in [-0.25, -0.2) is 32.6 Å². The van der Waals surface area contributed by atoms with E-state index < -0.39 is 32.1 Å². The van der Waals surface area contributed by atoms with Gasteiger partial charge in [-0.1, -0.05) is 0 Å². The third kappa shape index (κ3) is 4.30. The molecule has 3 heterocycles. The van der Waals surface area contributed by atoms with Crippen LogP contribution < -0.4 is 15.0 Å². The summed E-state index contributed by atoms with van der Waals surface area (Å²) in [5, 5.41) is 7.51. The number of fused-ring (bicyclic) bond motifs is 1. The van der Waals surface area contributed by atoms with E-state index in [1.807, 2.05) is 13.0 Å². The number of nitrogens with two attached hydrogens (primary N) is 1. The van der Waals surface area contributed by atoms with Crippen LogP contribution in [0.15, 0.2) is 53.9 Å². The fourth-order valence-electron chi connectivity index (χ4n) is 3.46. The third-order valence-electron chi connectivity index (χ3n) is 5.01. The van der Waals surface area contributed by atoms with E-state index in [-0.39, 0.29) is 18.1 Å². The molecule has 0 radical (unpaired) electrons. The predicted molar refractivity (Wildman–Crippen MR) is 114 cm³/mol. The summed E-state index contributed by atoms with van der Waals surface area (Å²) in [7, 11) is -2.82. The van der Waals surface area contributed by atoms with Crippen molar-refractivity contribution in [2.24, 2.45) is 5.14 Å². The van der Waals surface area contributed by atoms with Crippen molar-refractivity contribution < 1.29 is 26.6 Å². The van der Waals surface area contributed by atoms with E-state index in [4.69, 9.17) is 5.14 Å². The number of primary sulfonamides is 1. The lowest BCUT2D eigenvalue weighted by atomic mass is 10.1. The van der Waals surface area contributed by atoms with Gasteiger partial charge in [0.1, 0.15) is 29.7 Å². The molecule has 0 saturated carbocycles. The summed E-state index contributed by atoms with van der Waals surface area (Å²) >= 11 is 0. The van der Waals surface area contributed by atoms with Crippen LogP contribution in [-0.2, 0) is 16.4 Å². The Hall–Kier alpha value is -3.77. The number of pyridine rings is 1. The molecule has 0 aliphatic carbocycles. The maximum absolute atomic E-state index is 15.0. The van der Waals surface area contributed by atoms with Gasteiger partial charge in [-0.2, -0.15) is 9.36 Å². The van der Waals surface area contributed by atoms with Gasteiger partial charge in [-0.3, -0.25) is 4.98 Å². The van der Waals surface area contributed by atoms with Crippen LogP contribution in [0, 0.1) is 18.6 Å². The highest BCUT2D eigenvalue weighted by molar-refractivity contribution is 7.89. The molecule has 1 aromatic carbocycles. The first-order chi connectivity index (χ1) is 15.6. The summed E-state index contributed by atoms with van der Waals surface area (Å²) in [5.41, 5.74) is 1.64. The summed E-state index contributed by atoms with van der Waals surface area (Å²) < 4.78 is 56.1. The number of imidazole rings is 1. The number of carbonyl (C=O) groups excluding carboxylic acids is 1. The topological polar surface area (TPSA) is 123 Å². The third-order valence-corrected chi connectivity index (χ3v) is 5.91. The molecular formula is C21H19F2N6O3S+. The molecule has 0 unspecified atom stereocenters. The minimum Gasteiger partial charge on any atom is -0.303 e. The lowest BCUT2D eigenvalue weighted by Crippen LogP contribution is -2.48. The van der Waals surface area contributed by atoms with Crippen molar-refractivity contribution in [3.05, 3.63) is 77.6 Å². The maximum Gasteiger partial charge on any atom is 0.495 e. The normalized spacial score (nSPS) is 11.7. The molecule has 3 N–H and O–H groups in total. The molecule has 0 bridgehead atoms. The van der Waals surface area contributed by atoms with Crippen molar-refractivity contribution in [2.75, 3.05) is 7.05 Å². The largest absolute Gasteiger partial charge is 0.495 e. The zero-order valence-electron chi connectivity index (χ0n) is 17.6. The number of hydrogen-bond donors (Lipinski definition) is 2. The zero-order valence-corrected chi connectivity index (χ0v) is 18.4. The molecule has 0 spiro atoms. The van der Waals surface area contributed by atoms with E-state index in [2.05, 4.69) is 15.3 Å². The lowest BCUT2D eigenvalue weighted by Gasteiger charge is -2.09. The quantitative estimate of drug-likeness (QED) is 0.437. The van der Waals surface area contributed by atoms with Crippen molar-refractivity contribution in [3.8, 4) is 11.3 Å². The molecule has 1 amide bonds. The first-order valence-corrected chi connectivity index (χ1v) is 11.2. The van der Waals surface area contributed by atoms with Gasteiger partial charge < -0.3 is 4.40 Å². The first kappa shape index (κ1) is 22.4. The number of nitrogens with one attached hydrogen (secondary N) is 1. The highest BCUT2D eigenvalue weighted by Crippen LogP contribution is 2.32. The summed E-state index contributed by atoms with van der Waals surface area (Å²) in [6, 6.07) is 4.48. The van der Waals surface area contributed by atoms with Crippen molar-refractivity contribution in [3.63, 3.8) is 0 Å². The molecule has 4 rings (SSSR count). The Bertz CT molecular complexity index is 1490. The molecular weight excluding hydrogens is 454 g/mol. The van der Waals surface area contributed by atoms with Gasteiger partial charge in [-0.15, -0.1) is 0 Å². The van der Waals surface area contributed by atoms with Crippen LogP contribution in [0.2, 0.25) is 0 Å². The van der Waals surface area contributed by atoms with Gasteiger partial charge in [0, 0.05) is 12.6 Å². The Kier molecular flexibility index (Phi) is 5.64. The van der Waals surface area contributed by atoms with Gasteiger partial charge >= 0.3 is 6.03 Å². The Morgan fingerprint density at radius 2 is 1.94 bits per heavy atom. The molecule has 12 heteroatoms. The molecule has 33 heavy (non-hydrogen) atoms. The van der Waals surface area contributed by atoms with E-state index in [0.29, 0.717) is 29.2 Å². The molecule has 3 aromatic heterocycles. The number of halogens is 2. The molecule has 4 aromatic rings. The molecule has 0 aliphatic heterocycles. The molecule has 0 fully saturated rings. The van der Waals surface area contributed by atoms with Gasteiger partial charge in [0.2, 0.25) is 10.0 Å². The molecule has 9 nitrogen and oxygen atoms in total. The zero-order chi connectivity index (χ0) is 23.9. The monoisotopic (exact) mass is 473 g/mol. The Morgan fingerprint density at radius 1 is 1.24 bits per heavy atom. The number of sulfonamides is 1. The number of benzene rings is 1. The van der Waals surface area contributed by atoms with Gasteiger partial charge in [0.05, 0.1) is 40.8 Å². The van der Waals surface area contributed by atoms with Gasteiger partial charge in [0.15, 0.2) is 0 Å². The summed E-state index contributed by atoms with van der Waals surface area (Å²) in [6.45, 7) is 1.85. The number of amides is 1. The maximum atomic E-state index is 15.0. The second kappa shape index (κ2) is 8.30. The average molecular weight is 473 g/mol. The van der Waals surface area contributed by atoms with E-state index in [9.17, 15) is 22.0 Å². The predicted octanol–water partition coefficient (Wildman–Crippen LogP) is 1.70. The van der Waals surface area contributed by atoms with Crippen LogP contribution >= 0.6 is 0 Å². The number of aryl methyl sites for hydroxylation is 1. The Balaban J connectivity index is 1.93. The van der Waals surface area contributed by atoms with Crippen LogP contribution in [0.3, 0.4) is 0 Å². The fraction of sp³-hybridized carbons (Fsp3) is 0.143. The Morgan fingerprint density at radius 3 is 2.58 bits per heavy atom. The highest BCUT2D eigenvalue weighted by atomic mass is 32.2. The number of hydrogen-bond acceptors (Lipinski definition) is 5. The SMILES string of the molecule is CNC(=O)[n+]1ccnc(Cc2c(-c3c(F)cc(S(N)(=O)=O)cc3F)nc3cc(C)ccn23)c1. The fourth-order valence-corrected chi connectivity index (χ4v) is 4.00. The van der Waals surface area contributed by atoms with Crippen molar-refractivity contribution in [1.82, 2.24) is 19.7 Å². The van der Waals surface area contributed by atoms with E-state index >= 15 is 0 Å². The summed E-state index contributed by atoms with van der Waals surface area (Å²) in [5.74, 6) is -2.25. The lowest BCUT2D eigenvalue weighted by molar-refractivity contribution is -0.573. The number of carbonyl (C=O) groups is 1. The van der Waals surface area contributed by atoms with E-state index in [0.717, 1.165) is 5.56 Å². The minimum atomic E-state index is -4.31. The number of aromatic nitrogens is 4. The molecule has 0 aliphatic rings. The van der Waals surface area contributed by atoms with E-state index in [1.54, 1.807) is 16.7 Å². The summed E-state index contributed by atoms with van der Waals surface area (Å²) in [4.78, 5) is 19.9. The molecule has 0 atom stereocenters. The van der Waals surface area contributed by atoms with Crippen molar-refractivity contribution >= 4 is 21.7 Å². The molecule has 170 valence electrons. The van der Waals surface area contributed by atoms with Crippen molar-refractivity contribution in [1.29, 1.82) is 0 Å². The standard InChI is InChI=1S/C21H18F2N6O3S/c1-12-3-5-29-17(8-13-11-28(6-4-26-13)21(30)25-2)20(27-18(29)7-12)19-15(22)9-14(10-16(19)23)33(24,31)32/h3-7,9-11H,8H2,1-2H3,(H2-,24,25,30,31,32)/p+1. The van der Waals surface area contributed by atoms with Crippen LogP contribution in [0.25, 0.3) is 16.9 Å². The minimum absolute atomic E-state index is 0.0197. The van der Waals surface area contributed by atoms with Gasteiger partial charge in [-0.05, 0) is 36.8 Å². The Labute approximate surface area is 187 Å². The molecule has 0 saturated heterocycles. The van der Waals surface area contributed by atoms with Crippen LogP contribution in [0.4, 0.5) is 13.6 Å². The number of nitrogens with zero attached hydrogens (tertiary/aromatic N) is 4. The van der Waals surface area contributed by atoms with Crippen LogP contribution in [0.5, 0.6) is 0 Å². The summed E-state index contributed by atoms with van der Waals surface area (Å²) in [6.07, 6.45) is 6.17. The number of rotatable bonds is 4. The second-order valence-electron chi connectivity index (χ2n) is 7.33. The van der Waals surface area contributed by atoms with Gasteiger partial charge in [0.25, 0.3) is 0 Å². The second-order valence-corrected chi connectivity index (χ2v) is 8.89. The average Bonchev–Trinajstić information content (AvgIpc) is 3.09. The van der Waals surface area contributed by atoms with Crippen LogP contribution in [-0.4, -0.2) is 35.9 Å². The smallest absolute Gasteiger partial charge is 0.303 e. The first-order valence-electron chi connectivity index (χ1n) is 9.66. The highest BCUT2D eigenvalue weighted by Gasteiger charge is 2.24. The van der Waals surface area contributed by atoms with Crippen LogP contribution in [0.1, 0.15) is 17.0 Å².